The number of benzene rings is 1. The number of nitrogens with one attached hydrogen (secondary N) is 2. The van der Waals surface area contributed by atoms with Crippen LogP contribution in [-0.2, 0) is 6.42 Å². The van der Waals surface area contributed by atoms with E-state index in [1.807, 2.05) is 6.92 Å². The Labute approximate surface area is 157 Å². The van der Waals surface area contributed by atoms with Gasteiger partial charge in [0.15, 0.2) is 5.69 Å². The van der Waals surface area contributed by atoms with Gasteiger partial charge in [-0.2, -0.15) is 5.26 Å². The zero-order valence-corrected chi connectivity index (χ0v) is 15.2. The first kappa shape index (κ1) is 18.6. The number of amides is 2. The zero-order chi connectivity index (χ0) is 19.2. The van der Waals surface area contributed by atoms with Gasteiger partial charge in [0, 0.05) is 24.6 Å². The summed E-state index contributed by atoms with van der Waals surface area (Å²) >= 11 is 0. The van der Waals surface area contributed by atoms with Crippen LogP contribution in [0.4, 0.5) is 0 Å². The highest BCUT2D eigenvalue weighted by Gasteiger charge is 2.27. The molecular weight excluding hydrogens is 344 g/mol. The van der Waals surface area contributed by atoms with Crippen LogP contribution in [0.25, 0.3) is 5.69 Å². The van der Waals surface area contributed by atoms with Crippen LogP contribution in [0, 0.1) is 11.3 Å². The topological polar surface area (TPSA) is 113 Å². The molecule has 1 aliphatic carbocycles. The molecule has 1 fully saturated rings. The van der Waals surface area contributed by atoms with E-state index in [2.05, 4.69) is 27.0 Å². The predicted molar refractivity (Wildman–Crippen MR) is 98.4 cm³/mol. The summed E-state index contributed by atoms with van der Waals surface area (Å²) in [5.74, 6) is -0.365. The standard InChI is InChI=1S/C19H22N6O2/c1-2-21-18(26)13-6-10-15(11-7-13)25-16(5-3-4-12-20)17(23-24-25)19(27)22-14-8-9-14/h6-7,10-11,14H,2-5,8-9H2,1H3,(H,21,26)(H,22,27). The van der Waals surface area contributed by atoms with Crippen molar-refractivity contribution in [1.82, 2.24) is 25.6 Å². The van der Waals surface area contributed by atoms with Crippen molar-refractivity contribution in [2.24, 2.45) is 0 Å². The summed E-state index contributed by atoms with van der Waals surface area (Å²) in [6, 6.07) is 9.32. The molecule has 1 aliphatic rings. The molecule has 2 amide bonds. The van der Waals surface area contributed by atoms with Crippen LogP contribution < -0.4 is 10.6 Å². The molecule has 0 spiro atoms. The Morgan fingerprint density at radius 1 is 1.26 bits per heavy atom. The molecule has 2 N–H and O–H groups in total. The van der Waals surface area contributed by atoms with Crippen LogP contribution >= 0.6 is 0 Å². The second kappa shape index (κ2) is 8.45. The molecule has 0 unspecified atom stereocenters. The first-order chi connectivity index (χ1) is 13.1. The van der Waals surface area contributed by atoms with E-state index < -0.39 is 0 Å². The molecule has 0 atom stereocenters. The smallest absolute Gasteiger partial charge is 0.273 e. The molecule has 8 heteroatoms. The number of nitrogens with zero attached hydrogens (tertiary/aromatic N) is 4. The van der Waals surface area contributed by atoms with E-state index >= 15 is 0 Å². The van der Waals surface area contributed by atoms with Gasteiger partial charge in [-0.1, -0.05) is 5.21 Å². The van der Waals surface area contributed by atoms with Crippen molar-refractivity contribution in [2.45, 2.75) is 45.1 Å². The number of unbranched alkanes of at least 4 members (excludes halogenated alkanes) is 1. The normalized spacial score (nSPS) is 13.0. The van der Waals surface area contributed by atoms with E-state index in [0.29, 0.717) is 48.4 Å². The van der Waals surface area contributed by atoms with Gasteiger partial charge in [-0.3, -0.25) is 9.59 Å². The monoisotopic (exact) mass is 366 g/mol. The summed E-state index contributed by atoms with van der Waals surface area (Å²) in [5.41, 5.74) is 2.24. The molecule has 8 nitrogen and oxygen atoms in total. The number of rotatable bonds is 8. The van der Waals surface area contributed by atoms with Gasteiger partial charge in [-0.15, -0.1) is 5.10 Å². The van der Waals surface area contributed by atoms with Gasteiger partial charge >= 0.3 is 0 Å². The SMILES string of the molecule is CCNC(=O)c1ccc(-n2nnc(C(=O)NC3CC3)c2CCCC#N)cc1. The molecule has 27 heavy (non-hydrogen) atoms. The van der Waals surface area contributed by atoms with Crippen LogP contribution in [0.1, 0.15) is 59.1 Å². The lowest BCUT2D eigenvalue weighted by atomic mass is 10.1. The van der Waals surface area contributed by atoms with E-state index in [1.165, 1.54) is 0 Å². The maximum atomic E-state index is 12.5. The molecule has 3 rings (SSSR count). The van der Waals surface area contributed by atoms with E-state index in [1.54, 1.807) is 28.9 Å². The molecule has 140 valence electrons. The lowest BCUT2D eigenvalue weighted by molar-refractivity contribution is 0.0940. The van der Waals surface area contributed by atoms with E-state index in [9.17, 15) is 9.59 Å². The molecule has 2 aromatic rings. The van der Waals surface area contributed by atoms with Crippen LogP contribution in [0.2, 0.25) is 0 Å². The van der Waals surface area contributed by atoms with Crippen LogP contribution in [0.3, 0.4) is 0 Å². The summed E-state index contributed by atoms with van der Waals surface area (Å²) in [7, 11) is 0. The second-order valence-corrected chi connectivity index (χ2v) is 6.46. The molecule has 0 radical (unpaired) electrons. The van der Waals surface area contributed by atoms with Crippen molar-refractivity contribution >= 4 is 11.8 Å². The summed E-state index contributed by atoms with van der Waals surface area (Å²) in [5, 5.41) is 22.7. The van der Waals surface area contributed by atoms with Crippen molar-refractivity contribution in [3.63, 3.8) is 0 Å². The number of carbonyl (C=O) groups excluding carboxylic acids is 2. The quantitative estimate of drug-likeness (QED) is 0.691. The number of hydrogen-bond donors (Lipinski definition) is 2. The van der Waals surface area contributed by atoms with Crippen molar-refractivity contribution in [1.29, 1.82) is 5.26 Å². The summed E-state index contributed by atoms with van der Waals surface area (Å²) in [4.78, 5) is 24.4. The lowest BCUT2D eigenvalue weighted by Crippen LogP contribution is -2.27. The molecule has 0 bridgehead atoms. The summed E-state index contributed by atoms with van der Waals surface area (Å²) in [6.07, 6.45) is 3.51. The highest BCUT2D eigenvalue weighted by molar-refractivity contribution is 5.94. The molecular formula is C19H22N6O2. The summed E-state index contributed by atoms with van der Waals surface area (Å²) < 4.78 is 1.61. The molecule has 1 saturated carbocycles. The van der Waals surface area contributed by atoms with Crippen molar-refractivity contribution in [3.05, 3.63) is 41.2 Å². The fraction of sp³-hybridized carbons (Fsp3) is 0.421. The Kier molecular flexibility index (Phi) is 5.81. The minimum Gasteiger partial charge on any atom is -0.352 e. The van der Waals surface area contributed by atoms with Crippen molar-refractivity contribution < 1.29 is 9.59 Å². The Morgan fingerprint density at radius 3 is 2.63 bits per heavy atom. The minimum absolute atomic E-state index is 0.138. The van der Waals surface area contributed by atoms with Gasteiger partial charge in [0.05, 0.1) is 17.5 Å². The van der Waals surface area contributed by atoms with Gasteiger partial charge in [0.25, 0.3) is 11.8 Å². The molecule has 0 saturated heterocycles. The summed E-state index contributed by atoms with van der Waals surface area (Å²) in [6.45, 7) is 2.43. The first-order valence-corrected chi connectivity index (χ1v) is 9.15. The fourth-order valence-corrected chi connectivity index (χ4v) is 2.74. The van der Waals surface area contributed by atoms with Gasteiger partial charge in [-0.05, 0) is 56.9 Å². The van der Waals surface area contributed by atoms with Crippen LogP contribution in [0.5, 0.6) is 0 Å². The maximum absolute atomic E-state index is 12.5. The zero-order valence-electron chi connectivity index (χ0n) is 15.2. The first-order valence-electron chi connectivity index (χ1n) is 9.15. The predicted octanol–water partition coefficient (Wildman–Crippen LogP) is 1.76. The number of hydrogen-bond acceptors (Lipinski definition) is 5. The fourth-order valence-electron chi connectivity index (χ4n) is 2.74. The van der Waals surface area contributed by atoms with Gasteiger partial charge in [0.2, 0.25) is 0 Å². The van der Waals surface area contributed by atoms with Crippen molar-refractivity contribution in [2.75, 3.05) is 6.54 Å². The number of aromatic nitrogens is 3. The largest absolute Gasteiger partial charge is 0.352 e. The Hall–Kier alpha value is -3.21. The molecule has 1 heterocycles. The lowest BCUT2D eigenvalue weighted by Gasteiger charge is -2.09. The maximum Gasteiger partial charge on any atom is 0.273 e. The molecule has 1 aromatic carbocycles. The molecule has 0 aliphatic heterocycles. The average molecular weight is 366 g/mol. The highest BCUT2D eigenvalue weighted by atomic mass is 16.2. The number of nitriles is 1. The van der Waals surface area contributed by atoms with Crippen LogP contribution in [0.15, 0.2) is 24.3 Å². The third-order valence-corrected chi connectivity index (χ3v) is 4.30. The van der Waals surface area contributed by atoms with Crippen LogP contribution in [-0.4, -0.2) is 39.4 Å². The van der Waals surface area contributed by atoms with Gasteiger partial charge < -0.3 is 10.6 Å². The Balaban J connectivity index is 1.86. The van der Waals surface area contributed by atoms with Gasteiger partial charge in [-0.25, -0.2) is 4.68 Å². The second-order valence-electron chi connectivity index (χ2n) is 6.46. The van der Waals surface area contributed by atoms with E-state index in [-0.39, 0.29) is 17.9 Å². The van der Waals surface area contributed by atoms with E-state index in [4.69, 9.17) is 5.26 Å². The molecule has 1 aromatic heterocycles. The third kappa shape index (κ3) is 4.50. The number of carbonyl (C=O) groups is 2. The third-order valence-electron chi connectivity index (χ3n) is 4.30. The van der Waals surface area contributed by atoms with Gasteiger partial charge in [0.1, 0.15) is 0 Å². The van der Waals surface area contributed by atoms with Crippen molar-refractivity contribution in [3.8, 4) is 11.8 Å². The minimum atomic E-state index is -0.227. The Morgan fingerprint density at radius 2 is 2.00 bits per heavy atom. The average Bonchev–Trinajstić information content (AvgIpc) is 3.38. The highest BCUT2D eigenvalue weighted by Crippen LogP contribution is 2.21. The Bertz CT molecular complexity index is 861. The van der Waals surface area contributed by atoms with E-state index in [0.717, 1.165) is 12.8 Å².